The number of sulfonamides is 1. The normalized spacial score (nSPS) is 13.4. The molecule has 2 rings (SSSR count). The number of nitrogens with zero attached hydrogens (tertiary/aromatic N) is 1. The van der Waals surface area contributed by atoms with Crippen molar-refractivity contribution >= 4 is 26.1 Å². The minimum atomic E-state index is -4.21. The van der Waals surface area contributed by atoms with E-state index in [-0.39, 0.29) is 31.1 Å². The highest BCUT2D eigenvalue weighted by Gasteiger charge is 2.44. The third-order valence-corrected chi connectivity index (χ3v) is 7.48. The van der Waals surface area contributed by atoms with Crippen molar-refractivity contribution in [2.45, 2.75) is 44.7 Å². The van der Waals surface area contributed by atoms with E-state index in [0.29, 0.717) is 5.75 Å². The molecular weight excluding hydrogens is 494 g/mol. The van der Waals surface area contributed by atoms with Gasteiger partial charge in [0.05, 0.1) is 24.9 Å². The molecule has 0 saturated carbocycles. The summed E-state index contributed by atoms with van der Waals surface area (Å²) in [4.78, 5) is 13.3. The molecule has 35 heavy (non-hydrogen) atoms. The van der Waals surface area contributed by atoms with Gasteiger partial charge in [0.1, 0.15) is 18.4 Å². The number of esters is 1. The van der Waals surface area contributed by atoms with Crippen LogP contribution in [0.25, 0.3) is 0 Å². The molecule has 0 spiro atoms. The van der Waals surface area contributed by atoms with Crippen molar-refractivity contribution in [3.05, 3.63) is 60.2 Å². The summed E-state index contributed by atoms with van der Waals surface area (Å²) in [5, 5.41) is 0. The molecule has 0 aliphatic carbocycles. The maximum Gasteiger partial charge on any atom is 0.325 e. The van der Waals surface area contributed by atoms with Crippen molar-refractivity contribution in [1.29, 1.82) is 0 Å². The van der Waals surface area contributed by atoms with Gasteiger partial charge in [-0.3, -0.25) is 8.98 Å². The number of methoxy groups -OCH3 is 1. The van der Waals surface area contributed by atoms with Crippen molar-refractivity contribution < 1.29 is 35.3 Å². The number of hydrogen-bond acceptors (Lipinski definition) is 8. The van der Waals surface area contributed by atoms with E-state index in [1.54, 1.807) is 39.0 Å². The lowest BCUT2D eigenvalue weighted by Crippen LogP contribution is -2.53. The third kappa shape index (κ3) is 8.60. The summed E-state index contributed by atoms with van der Waals surface area (Å²) in [6, 6.07) is 13.8. The molecule has 11 heteroatoms. The molecular formula is C24H33NO8S2. The Morgan fingerprint density at radius 1 is 1.00 bits per heavy atom. The fraction of sp³-hybridized carbons (Fsp3) is 0.458. The Balaban J connectivity index is 2.43. The van der Waals surface area contributed by atoms with Gasteiger partial charge in [-0.05, 0) is 29.5 Å². The van der Waals surface area contributed by atoms with Crippen LogP contribution in [-0.2, 0) is 40.5 Å². The van der Waals surface area contributed by atoms with Crippen LogP contribution < -0.4 is 4.74 Å². The zero-order valence-electron chi connectivity index (χ0n) is 20.6. The van der Waals surface area contributed by atoms with E-state index in [1.807, 2.05) is 18.2 Å². The van der Waals surface area contributed by atoms with E-state index < -0.39 is 37.6 Å². The SMILES string of the molecule is COc1cccc(S(=O)(=O)N(CCCOS(C)(=O)=O)[C@@H](C(=O)OCc2ccccc2)C(C)(C)C)c1. The fourth-order valence-corrected chi connectivity index (χ4v) is 5.68. The van der Waals surface area contributed by atoms with E-state index in [2.05, 4.69) is 0 Å². The smallest absolute Gasteiger partial charge is 0.325 e. The Morgan fingerprint density at radius 2 is 1.66 bits per heavy atom. The molecule has 0 saturated heterocycles. The van der Waals surface area contributed by atoms with Crippen molar-refractivity contribution in [3.8, 4) is 5.75 Å². The molecule has 0 radical (unpaired) electrons. The van der Waals surface area contributed by atoms with Gasteiger partial charge >= 0.3 is 5.97 Å². The van der Waals surface area contributed by atoms with Crippen LogP contribution in [0.15, 0.2) is 59.5 Å². The number of carbonyl (C=O) groups is 1. The molecule has 0 N–H and O–H groups in total. The van der Waals surface area contributed by atoms with Crippen LogP contribution in [0.2, 0.25) is 0 Å². The largest absolute Gasteiger partial charge is 0.497 e. The topological polar surface area (TPSA) is 116 Å². The van der Waals surface area contributed by atoms with Crippen molar-refractivity contribution in [2.24, 2.45) is 5.41 Å². The van der Waals surface area contributed by atoms with Crippen LogP contribution >= 0.6 is 0 Å². The average Bonchev–Trinajstić information content (AvgIpc) is 2.78. The zero-order chi connectivity index (χ0) is 26.3. The van der Waals surface area contributed by atoms with Crippen LogP contribution in [0, 0.1) is 5.41 Å². The van der Waals surface area contributed by atoms with E-state index in [1.165, 1.54) is 25.3 Å². The van der Waals surface area contributed by atoms with E-state index in [4.69, 9.17) is 13.7 Å². The Bertz CT molecular complexity index is 1190. The summed E-state index contributed by atoms with van der Waals surface area (Å²) < 4.78 is 66.8. The van der Waals surface area contributed by atoms with Gasteiger partial charge in [-0.2, -0.15) is 12.7 Å². The molecule has 0 heterocycles. The summed E-state index contributed by atoms with van der Waals surface area (Å²) in [6.45, 7) is 4.79. The maximum absolute atomic E-state index is 13.8. The van der Waals surface area contributed by atoms with Crippen molar-refractivity contribution in [3.63, 3.8) is 0 Å². The first kappa shape index (κ1) is 28.8. The maximum atomic E-state index is 13.8. The Labute approximate surface area is 208 Å². The monoisotopic (exact) mass is 527 g/mol. The standard InChI is InChI=1S/C24H33NO8S2/c1-24(2,3)22(23(26)32-18-19-11-7-6-8-12-19)25(15-10-16-33-34(5,27)28)35(29,30)21-14-9-13-20(17-21)31-4/h6-9,11-14,17,22H,10,15-16,18H2,1-5H3/t22-/m0/s1. The second kappa shape index (κ2) is 12.0. The van der Waals surface area contributed by atoms with Gasteiger partial charge in [0.15, 0.2) is 0 Å². The number of ether oxygens (including phenoxy) is 2. The molecule has 0 aliphatic heterocycles. The molecule has 0 unspecified atom stereocenters. The van der Waals surface area contributed by atoms with Crippen LogP contribution in [-0.4, -0.2) is 59.7 Å². The molecule has 0 fully saturated rings. The second-order valence-electron chi connectivity index (χ2n) is 9.04. The van der Waals surface area contributed by atoms with Gasteiger partial charge in [-0.15, -0.1) is 0 Å². The highest BCUT2D eigenvalue weighted by molar-refractivity contribution is 7.89. The van der Waals surface area contributed by atoms with Gasteiger partial charge < -0.3 is 9.47 Å². The van der Waals surface area contributed by atoms with Crippen LogP contribution in [0.4, 0.5) is 0 Å². The lowest BCUT2D eigenvalue weighted by molar-refractivity contribution is -0.153. The molecule has 0 aromatic heterocycles. The predicted octanol–water partition coefficient (Wildman–Crippen LogP) is 3.21. The Kier molecular flexibility index (Phi) is 9.85. The molecule has 1 atom stereocenters. The lowest BCUT2D eigenvalue weighted by atomic mass is 9.86. The Hall–Kier alpha value is -2.47. The number of benzene rings is 2. The minimum absolute atomic E-state index is 0.0174. The zero-order valence-corrected chi connectivity index (χ0v) is 22.3. The van der Waals surface area contributed by atoms with E-state index >= 15 is 0 Å². The first-order valence-corrected chi connectivity index (χ1v) is 14.2. The van der Waals surface area contributed by atoms with Crippen LogP contribution in [0.1, 0.15) is 32.8 Å². The highest BCUT2D eigenvalue weighted by atomic mass is 32.2. The summed E-state index contributed by atoms with van der Waals surface area (Å²) >= 11 is 0. The molecule has 0 bridgehead atoms. The molecule has 2 aromatic rings. The fourth-order valence-electron chi connectivity index (χ4n) is 3.43. The number of rotatable bonds is 12. The van der Waals surface area contributed by atoms with Crippen LogP contribution in [0.3, 0.4) is 0 Å². The van der Waals surface area contributed by atoms with Gasteiger partial charge in [0, 0.05) is 12.6 Å². The number of hydrogen-bond donors (Lipinski definition) is 0. The minimum Gasteiger partial charge on any atom is -0.497 e. The molecule has 2 aromatic carbocycles. The van der Waals surface area contributed by atoms with E-state index in [0.717, 1.165) is 16.1 Å². The first-order chi connectivity index (χ1) is 16.3. The molecule has 0 amide bonds. The summed E-state index contributed by atoms with van der Waals surface area (Å²) in [7, 11) is -6.49. The molecule has 0 aliphatic rings. The van der Waals surface area contributed by atoms with Gasteiger partial charge in [0.25, 0.3) is 10.1 Å². The van der Waals surface area contributed by atoms with Crippen LogP contribution in [0.5, 0.6) is 5.75 Å². The quantitative estimate of drug-likeness (QED) is 0.235. The predicted molar refractivity (Wildman–Crippen MR) is 132 cm³/mol. The van der Waals surface area contributed by atoms with Gasteiger partial charge in [0.2, 0.25) is 10.0 Å². The van der Waals surface area contributed by atoms with Gasteiger partial charge in [-0.25, -0.2) is 8.42 Å². The Morgan fingerprint density at radius 3 is 2.23 bits per heavy atom. The molecule has 9 nitrogen and oxygen atoms in total. The third-order valence-electron chi connectivity index (χ3n) is 5.02. The summed E-state index contributed by atoms with van der Waals surface area (Å²) in [5.74, 6) is -0.373. The van der Waals surface area contributed by atoms with E-state index in [9.17, 15) is 21.6 Å². The lowest BCUT2D eigenvalue weighted by Gasteiger charge is -2.37. The van der Waals surface area contributed by atoms with Crippen molar-refractivity contribution in [2.75, 3.05) is 26.5 Å². The van der Waals surface area contributed by atoms with Crippen molar-refractivity contribution in [1.82, 2.24) is 4.31 Å². The van der Waals surface area contributed by atoms with Gasteiger partial charge in [-0.1, -0.05) is 57.2 Å². The molecule has 194 valence electrons. The first-order valence-electron chi connectivity index (χ1n) is 11.0. The second-order valence-corrected chi connectivity index (χ2v) is 12.6. The number of carbonyl (C=O) groups excluding carboxylic acids is 1. The average molecular weight is 528 g/mol. The summed E-state index contributed by atoms with van der Waals surface area (Å²) in [6.07, 6.45) is 0.950. The highest BCUT2D eigenvalue weighted by Crippen LogP contribution is 2.32. The summed E-state index contributed by atoms with van der Waals surface area (Å²) in [5.41, 5.74) is -0.0884.